The number of methoxy groups -OCH3 is 1. The summed E-state index contributed by atoms with van der Waals surface area (Å²) in [6.07, 6.45) is 0.622. The molecule has 0 bridgehead atoms. The second kappa shape index (κ2) is 5.69. The Bertz CT molecular complexity index is 632. The zero-order chi connectivity index (χ0) is 14.9. The molecule has 1 aromatic carbocycles. The Balaban J connectivity index is 2.35. The van der Waals surface area contributed by atoms with Gasteiger partial charge in [-0.3, -0.25) is 0 Å². The summed E-state index contributed by atoms with van der Waals surface area (Å²) in [5, 5.41) is -0.00614. The Morgan fingerprint density at radius 1 is 1.50 bits per heavy atom. The van der Waals surface area contributed by atoms with Gasteiger partial charge in [0.2, 0.25) is 10.0 Å². The van der Waals surface area contributed by atoms with E-state index < -0.39 is 16.0 Å². The second-order valence-corrected chi connectivity index (χ2v) is 6.86. The van der Waals surface area contributed by atoms with Crippen LogP contribution in [0.3, 0.4) is 0 Å². The number of nitrogens with two attached hydrogens (primary N) is 1. The van der Waals surface area contributed by atoms with Gasteiger partial charge in [-0.05, 0) is 24.6 Å². The van der Waals surface area contributed by atoms with Gasteiger partial charge < -0.3 is 10.5 Å². The molecule has 110 valence electrons. The smallest absolute Gasteiger partial charge is 0.337 e. The maximum Gasteiger partial charge on any atom is 0.337 e. The molecule has 8 heteroatoms. The molecule has 2 rings (SSSR count). The molecule has 1 heterocycles. The van der Waals surface area contributed by atoms with Gasteiger partial charge in [-0.25, -0.2) is 13.2 Å². The quantitative estimate of drug-likeness (QED) is 0.834. The predicted octanol–water partition coefficient (Wildman–Crippen LogP) is 0.848. The SMILES string of the molecule is COC(=O)c1ccc(S(=O)(=O)N2CC[C@@H](N)C2)c(Cl)c1. The van der Waals surface area contributed by atoms with E-state index in [1.807, 2.05) is 0 Å². The van der Waals surface area contributed by atoms with Crippen molar-refractivity contribution in [2.24, 2.45) is 5.73 Å². The van der Waals surface area contributed by atoms with Crippen molar-refractivity contribution in [3.05, 3.63) is 28.8 Å². The van der Waals surface area contributed by atoms with Gasteiger partial charge in [0.25, 0.3) is 0 Å². The van der Waals surface area contributed by atoms with Gasteiger partial charge in [0.15, 0.2) is 0 Å². The van der Waals surface area contributed by atoms with Gasteiger partial charge in [0.1, 0.15) is 4.90 Å². The predicted molar refractivity (Wildman–Crippen MR) is 74.1 cm³/mol. The number of sulfonamides is 1. The number of carbonyl (C=O) groups excluding carboxylic acids is 1. The maximum absolute atomic E-state index is 12.4. The first-order chi connectivity index (χ1) is 9.36. The van der Waals surface area contributed by atoms with Crippen molar-refractivity contribution in [2.45, 2.75) is 17.4 Å². The molecular formula is C12H15ClN2O4S. The molecule has 0 unspecified atom stereocenters. The number of hydrogen-bond donors (Lipinski definition) is 1. The van der Waals surface area contributed by atoms with Crippen LogP contribution in [0.5, 0.6) is 0 Å². The monoisotopic (exact) mass is 318 g/mol. The lowest BCUT2D eigenvalue weighted by atomic mass is 10.2. The number of esters is 1. The van der Waals surface area contributed by atoms with Gasteiger partial charge in [-0.15, -0.1) is 0 Å². The summed E-state index contributed by atoms with van der Waals surface area (Å²) in [4.78, 5) is 11.3. The highest BCUT2D eigenvalue weighted by molar-refractivity contribution is 7.89. The molecular weight excluding hydrogens is 304 g/mol. The number of nitrogens with zero attached hydrogens (tertiary/aromatic N) is 1. The summed E-state index contributed by atoms with van der Waals surface area (Å²) in [6.45, 7) is 0.649. The summed E-state index contributed by atoms with van der Waals surface area (Å²) in [6, 6.07) is 3.82. The third-order valence-corrected chi connectivity index (χ3v) is 5.51. The van der Waals surface area contributed by atoms with E-state index in [-0.39, 0.29) is 28.1 Å². The molecule has 1 aromatic rings. The molecule has 20 heavy (non-hydrogen) atoms. The van der Waals surface area contributed by atoms with Crippen molar-refractivity contribution in [3.8, 4) is 0 Å². The number of benzene rings is 1. The first-order valence-electron chi connectivity index (χ1n) is 6.00. The highest BCUT2D eigenvalue weighted by Gasteiger charge is 2.32. The lowest BCUT2D eigenvalue weighted by Crippen LogP contribution is -2.32. The number of rotatable bonds is 3. The Hall–Kier alpha value is -1.15. The molecule has 1 fully saturated rings. The van der Waals surface area contributed by atoms with E-state index in [2.05, 4.69) is 4.74 Å². The van der Waals surface area contributed by atoms with Crippen LogP contribution in [0, 0.1) is 0 Å². The third-order valence-electron chi connectivity index (χ3n) is 3.16. The fraction of sp³-hybridized carbons (Fsp3) is 0.417. The average molecular weight is 319 g/mol. The van der Waals surface area contributed by atoms with Crippen LogP contribution in [-0.4, -0.2) is 44.9 Å². The summed E-state index contributed by atoms with van der Waals surface area (Å²) in [7, 11) is -2.44. The summed E-state index contributed by atoms with van der Waals surface area (Å²) < 4.78 is 30.7. The Labute approximate surface area is 122 Å². The lowest BCUT2D eigenvalue weighted by molar-refractivity contribution is 0.0600. The molecule has 0 spiro atoms. The molecule has 2 N–H and O–H groups in total. The zero-order valence-electron chi connectivity index (χ0n) is 10.9. The standard InChI is InChI=1S/C12H15ClN2O4S/c1-19-12(16)8-2-3-11(10(13)6-8)20(17,18)15-5-4-9(14)7-15/h2-3,6,9H,4-5,7,14H2,1H3/t9-/m1/s1. The second-order valence-electron chi connectivity index (χ2n) is 4.55. The fourth-order valence-corrected chi connectivity index (χ4v) is 4.10. The minimum atomic E-state index is -3.68. The van der Waals surface area contributed by atoms with E-state index in [0.29, 0.717) is 13.0 Å². The van der Waals surface area contributed by atoms with Crippen molar-refractivity contribution in [1.29, 1.82) is 0 Å². The minimum absolute atomic E-state index is 0.00614. The highest BCUT2D eigenvalue weighted by atomic mass is 35.5. The van der Waals surface area contributed by atoms with Crippen molar-refractivity contribution in [1.82, 2.24) is 4.31 Å². The highest BCUT2D eigenvalue weighted by Crippen LogP contribution is 2.28. The molecule has 0 amide bonds. The molecule has 1 saturated heterocycles. The van der Waals surface area contributed by atoms with E-state index >= 15 is 0 Å². The first-order valence-corrected chi connectivity index (χ1v) is 7.81. The van der Waals surface area contributed by atoms with Crippen LogP contribution >= 0.6 is 11.6 Å². The maximum atomic E-state index is 12.4. The Kier molecular flexibility index (Phi) is 4.33. The Morgan fingerprint density at radius 2 is 2.20 bits per heavy atom. The van der Waals surface area contributed by atoms with Gasteiger partial charge >= 0.3 is 5.97 Å². The molecule has 0 aromatic heterocycles. The number of hydrogen-bond acceptors (Lipinski definition) is 5. The van der Waals surface area contributed by atoms with Crippen LogP contribution < -0.4 is 5.73 Å². The van der Waals surface area contributed by atoms with Gasteiger partial charge in [0, 0.05) is 19.1 Å². The van der Waals surface area contributed by atoms with E-state index in [9.17, 15) is 13.2 Å². The van der Waals surface area contributed by atoms with Crippen molar-refractivity contribution in [2.75, 3.05) is 20.2 Å². The minimum Gasteiger partial charge on any atom is -0.465 e. The van der Waals surface area contributed by atoms with Crippen LogP contribution in [-0.2, 0) is 14.8 Å². The van der Waals surface area contributed by atoms with Crippen LogP contribution in [0.2, 0.25) is 5.02 Å². The summed E-state index contributed by atoms with van der Waals surface area (Å²) in [5.74, 6) is -0.570. The van der Waals surface area contributed by atoms with Gasteiger partial charge in [0.05, 0.1) is 17.7 Å². The molecule has 1 aliphatic heterocycles. The molecule has 1 aliphatic rings. The van der Waals surface area contributed by atoms with Gasteiger partial charge in [-0.1, -0.05) is 11.6 Å². The normalized spacial score (nSPS) is 20.1. The van der Waals surface area contributed by atoms with Crippen LogP contribution in [0.4, 0.5) is 0 Å². The van der Waals surface area contributed by atoms with Crippen molar-refractivity contribution in [3.63, 3.8) is 0 Å². The van der Waals surface area contributed by atoms with E-state index in [1.54, 1.807) is 0 Å². The summed E-state index contributed by atoms with van der Waals surface area (Å²) >= 11 is 5.98. The van der Waals surface area contributed by atoms with Crippen LogP contribution in [0.15, 0.2) is 23.1 Å². The number of halogens is 1. The zero-order valence-corrected chi connectivity index (χ0v) is 12.4. The van der Waals surface area contributed by atoms with Crippen molar-refractivity contribution >= 4 is 27.6 Å². The first kappa shape index (κ1) is 15.2. The van der Waals surface area contributed by atoms with E-state index in [4.69, 9.17) is 17.3 Å². The summed E-state index contributed by atoms with van der Waals surface area (Å²) in [5.41, 5.74) is 5.92. The molecule has 6 nitrogen and oxygen atoms in total. The van der Waals surface area contributed by atoms with Gasteiger partial charge in [-0.2, -0.15) is 4.31 Å². The largest absolute Gasteiger partial charge is 0.465 e. The van der Waals surface area contributed by atoms with E-state index in [0.717, 1.165) is 0 Å². The fourth-order valence-electron chi connectivity index (χ4n) is 2.07. The molecule has 0 radical (unpaired) electrons. The molecule has 1 atom stereocenters. The number of carbonyl (C=O) groups is 1. The van der Waals surface area contributed by atoms with E-state index in [1.165, 1.54) is 29.6 Å². The molecule has 0 aliphatic carbocycles. The topological polar surface area (TPSA) is 89.7 Å². The third kappa shape index (κ3) is 2.80. The van der Waals surface area contributed by atoms with Crippen molar-refractivity contribution < 1.29 is 17.9 Å². The lowest BCUT2D eigenvalue weighted by Gasteiger charge is -2.17. The molecule has 0 saturated carbocycles. The van der Waals surface area contributed by atoms with Crippen LogP contribution in [0.25, 0.3) is 0 Å². The van der Waals surface area contributed by atoms with Crippen LogP contribution in [0.1, 0.15) is 16.8 Å². The Morgan fingerprint density at radius 3 is 2.70 bits per heavy atom. The average Bonchev–Trinajstić information content (AvgIpc) is 2.84. The number of ether oxygens (including phenoxy) is 1.